The van der Waals surface area contributed by atoms with E-state index in [9.17, 15) is 0 Å². The lowest BCUT2D eigenvalue weighted by Crippen LogP contribution is -2.14. The second-order valence-electron chi connectivity index (χ2n) is 5.70. The van der Waals surface area contributed by atoms with Gasteiger partial charge < -0.3 is 0 Å². The maximum atomic E-state index is 8.29. The van der Waals surface area contributed by atoms with E-state index in [1.807, 2.05) is 0 Å². The molecule has 1 aliphatic carbocycles. The van der Waals surface area contributed by atoms with Crippen LogP contribution >= 0.6 is 0 Å². The van der Waals surface area contributed by atoms with Gasteiger partial charge in [0.15, 0.2) is 0 Å². The van der Waals surface area contributed by atoms with Crippen molar-refractivity contribution in [3.05, 3.63) is 22.6 Å². The van der Waals surface area contributed by atoms with Crippen molar-refractivity contribution in [3.8, 4) is 0 Å². The number of hydrogen-bond donors (Lipinski definition) is 1. The predicted octanol–water partition coefficient (Wildman–Crippen LogP) is 4.82. The number of nitrogens with one attached hydrogen (secondary N) is 1. The minimum absolute atomic E-state index is 0.237. The van der Waals surface area contributed by atoms with Crippen LogP contribution in [0, 0.1) is 16.6 Å². The summed E-state index contributed by atoms with van der Waals surface area (Å²) in [6.07, 6.45) is 12.8. The Hall–Kier alpha value is -0.370. The van der Waals surface area contributed by atoms with Gasteiger partial charge in [0.05, 0.1) is 0 Å². The number of allylic oxidation sites excluding steroid dienone is 3. The van der Waals surface area contributed by atoms with E-state index in [1.165, 1.54) is 49.0 Å². The minimum Gasteiger partial charge on any atom is -0.276 e. The van der Waals surface area contributed by atoms with Crippen molar-refractivity contribution in [2.75, 3.05) is 5.75 Å². The standard InChI is InChI=1S/C15H25NS/c1-12(2)14-9-6-10-17(16)15(14)11-13-7-4-3-5-8-13/h6,9,12-13,16H,3-5,7-8,10-11H2,1-2H3. The molecule has 1 unspecified atom stereocenters. The van der Waals surface area contributed by atoms with E-state index < -0.39 is 0 Å². The first-order valence-corrected chi connectivity index (χ1v) is 8.39. The van der Waals surface area contributed by atoms with Gasteiger partial charge in [-0.1, -0.05) is 68.8 Å². The Kier molecular flexibility index (Phi) is 4.61. The molecule has 96 valence electrons. The van der Waals surface area contributed by atoms with E-state index in [0.717, 1.165) is 11.7 Å². The molecule has 2 aliphatic rings. The van der Waals surface area contributed by atoms with Crippen LogP contribution in [0.2, 0.25) is 0 Å². The van der Waals surface area contributed by atoms with E-state index in [2.05, 4.69) is 26.0 Å². The number of hydrogen-bond acceptors (Lipinski definition) is 1. The molecule has 0 aromatic heterocycles. The van der Waals surface area contributed by atoms with Crippen LogP contribution in [0.4, 0.5) is 0 Å². The lowest BCUT2D eigenvalue weighted by atomic mass is 9.85. The van der Waals surface area contributed by atoms with E-state index >= 15 is 0 Å². The molecule has 0 spiro atoms. The van der Waals surface area contributed by atoms with Crippen molar-refractivity contribution in [1.82, 2.24) is 0 Å². The van der Waals surface area contributed by atoms with Gasteiger partial charge in [-0.3, -0.25) is 4.78 Å². The molecule has 1 heterocycles. The van der Waals surface area contributed by atoms with Gasteiger partial charge >= 0.3 is 0 Å². The second-order valence-corrected chi connectivity index (χ2v) is 7.31. The molecule has 0 aromatic carbocycles. The summed E-state index contributed by atoms with van der Waals surface area (Å²) < 4.78 is 8.29. The van der Waals surface area contributed by atoms with Gasteiger partial charge in [0.25, 0.3) is 0 Å². The predicted molar refractivity (Wildman–Crippen MR) is 77.1 cm³/mol. The topological polar surface area (TPSA) is 23.9 Å². The van der Waals surface area contributed by atoms with Crippen LogP contribution < -0.4 is 0 Å². The molecule has 2 heteroatoms. The molecule has 1 aliphatic heterocycles. The first-order chi connectivity index (χ1) is 8.18. The van der Waals surface area contributed by atoms with Crippen LogP contribution in [0.25, 0.3) is 0 Å². The van der Waals surface area contributed by atoms with Gasteiger partial charge in [-0.2, -0.15) is 0 Å². The van der Waals surface area contributed by atoms with Crippen LogP contribution in [0.5, 0.6) is 0 Å². The minimum atomic E-state index is -0.237. The fourth-order valence-corrected chi connectivity index (χ4v) is 4.51. The molecule has 1 nitrogen and oxygen atoms in total. The highest BCUT2D eigenvalue weighted by Gasteiger charge is 2.21. The highest BCUT2D eigenvalue weighted by atomic mass is 32.2. The Morgan fingerprint density at radius 1 is 1.29 bits per heavy atom. The molecule has 0 bridgehead atoms. The fraction of sp³-hybridized carbons (Fsp3) is 0.733. The highest BCUT2D eigenvalue weighted by molar-refractivity contribution is 7.90. The van der Waals surface area contributed by atoms with Crippen LogP contribution in [-0.2, 0) is 10.7 Å². The number of rotatable bonds is 3. The third-order valence-electron chi connectivity index (χ3n) is 4.00. The summed E-state index contributed by atoms with van der Waals surface area (Å²) in [5, 5.41) is 0. The maximum Gasteiger partial charge on any atom is 0.0264 e. The van der Waals surface area contributed by atoms with E-state index in [4.69, 9.17) is 4.78 Å². The van der Waals surface area contributed by atoms with Crippen LogP contribution in [-0.4, -0.2) is 5.75 Å². The first kappa shape index (κ1) is 13.1. The van der Waals surface area contributed by atoms with E-state index in [-0.39, 0.29) is 10.7 Å². The monoisotopic (exact) mass is 251 g/mol. The Morgan fingerprint density at radius 2 is 2.00 bits per heavy atom. The largest absolute Gasteiger partial charge is 0.276 e. The van der Waals surface area contributed by atoms with Crippen molar-refractivity contribution in [2.45, 2.75) is 52.4 Å². The van der Waals surface area contributed by atoms with Gasteiger partial charge in [-0.25, -0.2) is 0 Å². The van der Waals surface area contributed by atoms with Crippen LogP contribution in [0.15, 0.2) is 22.6 Å². The zero-order valence-corrected chi connectivity index (χ0v) is 12.0. The van der Waals surface area contributed by atoms with Gasteiger partial charge in [0, 0.05) is 5.75 Å². The zero-order chi connectivity index (χ0) is 12.3. The average molecular weight is 251 g/mol. The summed E-state index contributed by atoms with van der Waals surface area (Å²) in [6.45, 7) is 4.53. The summed E-state index contributed by atoms with van der Waals surface area (Å²) >= 11 is 0. The Labute approximate surface area is 108 Å². The summed E-state index contributed by atoms with van der Waals surface area (Å²) in [7, 11) is -0.237. The third-order valence-corrected chi connectivity index (χ3v) is 5.52. The molecule has 17 heavy (non-hydrogen) atoms. The summed E-state index contributed by atoms with van der Waals surface area (Å²) in [5.41, 5.74) is 1.47. The summed E-state index contributed by atoms with van der Waals surface area (Å²) in [6, 6.07) is 0. The molecular formula is C15H25NS. The molecule has 0 aromatic rings. The summed E-state index contributed by atoms with van der Waals surface area (Å²) in [4.78, 5) is 1.48. The third kappa shape index (κ3) is 3.31. The van der Waals surface area contributed by atoms with Gasteiger partial charge in [0.2, 0.25) is 0 Å². The van der Waals surface area contributed by atoms with Crippen LogP contribution in [0.1, 0.15) is 52.4 Å². The highest BCUT2D eigenvalue weighted by Crippen LogP contribution is 2.34. The molecule has 0 saturated heterocycles. The molecule has 0 radical (unpaired) electrons. The van der Waals surface area contributed by atoms with Crippen molar-refractivity contribution < 1.29 is 0 Å². The zero-order valence-electron chi connectivity index (χ0n) is 11.2. The smallest absolute Gasteiger partial charge is 0.0264 e. The van der Waals surface area contributed by atoms with E-state index in [0.29, 0.717) is 5.92 Å². The lowest BCUT2D eigenvalue weighted by molar-refractivity contribution is 0.359. The average Bonchev–Trinajstić information content (AvgIpc) is 2.33. The molecular weight excluding hydrogens is 226 g/mol. The first-order valence-electron chi connectivity index (χ1n) is 7.00. The van der Waals surface area contributed by atoms with Gasteiger partial charge in [-0.05, 0) is 28.7 Å². The SMILES string of the molecule is CC(C)C1=C(CC2CCCCC2)S(=N)CC=C1. The molecule has 1 atom stereocenters. The summed E-state index contributed by atoms with van der Waals surface area (Å²) in [5.74, 6) is 2.42. The van der Waals surface area contributed by atoms with E-state index in [1.54, 1.807) is 0 Å². The molecule has 0 amide bonds. The molecule has 1 N–H and O–H groups in total. The van der Waals surface area contributed by atoms with Crippen LogP contribution in [0.3, 0.4) is 0 Å². The van der Waals surface area contributed by atoms with Crippen molar-refractivity contribution >= 4 is 10.7 Å². The fourth-order valence-electron chi connectivity index (χ4n) is 2.99. The van der Waals surface area contributed by atoms with Gasteiger partial charge in [0.1, 0.15) is 0 Å². The molecule has 2 rings (SSSR count). The Balaban J connectivity index is 2.13. The Morgan fingerprint density at radius 3 is 2.65 bits per heavy atom. The second kappa shape index (κ2) is 5.99. The van der Waals surface area contributed by atoms with Crippen molar-refractivity contribution in [2.24, 2.45) is 11.8 Å². The molecule has 1 saturated carbocycles. The molecule has 1 fully saturated rings. The Bertz CT molecular complexity index is 346. The maximum absolute atomic E-state index is 8.29. The lowest BCUT2D eigenvalue weighted by Gasteiger charge is -2.27. The normalized spacial score (nSPS) is 26.9. The van der Waals surface area contributed by atoms with Gasteiger partial charge in [-0.15, -0.1) is 0 Å². The van der Waals surface area contributed by atoms with Crippen molar-refractivity contribution in [3.63, 3.8) is 0 Å². The quantitative estimate of drug-likeness (QED) is 0.744. The van der Waals surface area contributed by atoms with Crippen molar-refractivity contribution in [1.29, 1.82) is 4.78 Å².